The zero-order chi connectivity index (χ0) is 19.7. The fraction of sp³-hybridized carbons (Fsp3) is 0.550. The van der Waals surface area contributed by atoms with Gasteiger partial charge in [-0.3, -0.25) is 4.79 Å². The molecule has 0 spiro atoms. The number of benzene rings is 1. The average molecular weight is 383 g/mol. The van der Waals surface area contributed by atoms with Crippen LogP contribution in [0.3, 0.4) is 0 Å². The molecular weight excluding hydrogens is 352 g/mol. The molecule has 1 rings (SSSR count). The summed E-state index contributed by atoms with van der Waals surface area (Å²) < 4.78 is 10.6. The Morgan fingerprint density at radius 3 is 2.38 bits per heavy atom. The van der Waals surface area contributed by atoms with Gasteiger partial charge in [-0.25, -0.2) is 0 Å². The number of nitrogens with zero attached hydrogens (tertiary/aromatic N) is 2. The molecule has 0 unspecified atom stereocenters. The van der Waals surface area contributed by atoms with Crippen LogP contribution in [-0.2, 0) is 20.9 Å². The summed E-state index contributed by atoms with van der Waals surface area (Å²) in [5.74, 6) is -0.268. The van der Waals surface area contributed by atoms with Crippen molar-refractivity contribution >= 4 is 28.9 Å². The predicted molar refractivity (Wildman–Crippen MR) is 109 cm³/mol. The molecule has 0 heterocycles. The lowest BCUT2D eigenvalue weighted by molar-refractivity contribution is -0.141. The van der Waals surface area contributed by atoms with E-state index in [2.05, 4.69) is 19.9 Å². The number of carbonyl (C=O) groups excluding carboxylic acids is 1. The molecular formula is C20H31ClN2O3. The van der Waals surface area contributed by atoms with Crippen molar-refractivity contribution < 1.29 is 14.3 Å². The first-order chi connectivity index (χ1) is 12.4. The Morgan fingerprint density at radius 2 is 1.88 bits per heavy atom. The number of halogens is 1. The largest absolute Gasteiger partial charge is 0.465 e. The summed E-state index contributed by atoms with van der Waals surface area (Å²) in [5.41, 5.74) is 3.78. The van der Waals surface area contributed by atoms with Gasteiger partial charge in [0.05, 0.1) is 29.6 Å². The van der Waals surface area contributed by atoms with Crippen molar-refractivity contribution in [2.24, 2.45) is 0 Å². The van der Waals surface area contributed by atoms with Gasteiger partial charge in [-0.15, -0.1) is 0 Å². The first-order valence-electron chi connectivity index (χ1n) is 9.00. The summed E-state index contributed by atoms with van der Waals surface area (Å²) >= 11 is 6.52. The predicted octanol–water partition coefficient (Wildman–Crippen LogP) is 4.63. The number of esters is 1. The summed E-state index contributed by atoms with van der Waals surface area (Å²) in [5, 5.41) is 0.630. The van der Waals surface area contributed by atoms with Crippen LogP contribution in [0.15, 0.2) is 23.9 Å². The minimum absolute atomic E-state index is 0.130. The fourth-order valence-electron chi connectivity index (χ4n) is 2.94. The van der Waals surface area contributed by atoms with E-state index in [0.717, 1.165) is 35.5 Å². The van der Waals surface area contributed by atoms with Crippen LogP contribution < -0.4 is 9.80 Å². The summed E-state index contributed by atoms with van der Waals surface area (Å²) in [6, 6.07) is 3.82. The second-order valence-corrected chi connectivity index (χ2v) is 6.49. The Hall–Kier alpha value is -1.72. The molecule has 0 aliphatic carbocycles. The van der Waals surface area contributed by atoms with E-state index < -0.39 is 0 Å². The minimum atomic E-state index is -0.268. The van der Waals surface area contributed by atoms with E-state index in [1.54, 1.807) is 7.11 Å². The van der Waals surface area contributed by atoms with Gasteiger partial charge in [-0.2, -0.15) is 0 Å². The van der Waals surface area contributed by atoms with Crippen LogP contribution in [0.5, 0.6) is 0 Å². The highest BCUT2D eigenvalue weighted by molar-refractivity contribution is 6.34. The standard InChI is InChI=1S/C20H31ClN2O3/c1-7-10-16(8-2)23(13-18(24)26-9-3)19-15(14-25-6)11-12-17(21)20(19)22(4)5/h10-12H,7-9,13-14H2,1-6H3/b16-10+. The van der Waals surface area contributed by atoms with Crippen molar-refractivity contribution in [3.8, 4) is 0 Å². The van der Waals surface area contributed by atoms with Crippen molar-refractivity contribution in [3.05, 3.63) is 34.5 Å². The maximum absolute atomic E-state index is 12.3. The Kier molecular flexibility index (Phi) is 9.52. The third-order valence-corrected chi connectivity index (χ3v) is 4.25. The first-order valence-corrected chi connectivity index (χ1v) is 9.38. The molecule has 6 heteroatoms. The molecule has 0 aliphatic heterocycles. The van der Waals surface area contributed by atoms with Crippen LogP contribution in [0.25, 0.3) is 0 Å². The third-order valence-electron chi connectivity index (χ3n) is 3.94. The zero-order valence-corrected chi connectivity index (χ0v) is 17.5. The lowest BCUT2D eigenvalue weighted by atomic mass is 10.1. The number of methoxy groups -OCH3 is 1. The molecule has 0 fully saturated rings. The van der Waals surface area contributed by atoms with Gasteiger partial charge in [0.1, 0.15) is 6.54 Å². The van der Waals surface area contributed by atoms with Crippen LogP contribution in [0.1, 0.15) is 39.2 Å². The molecule has 5 nitrogen and oxygen atoms in total. The highest BCUT2D eigenvalue weighted by Crippen LogP contribution is 2.40. The maximum Gasteiger partial charge on any atom is 0.325 e. The van der Waals surface area contributed by atoms with Gasteiger partial charge < -0.3 is 19.3 Å². The van der Waals surface area contributed by atoms with Gasteiger partial charge in [0.25, 0.3) is 0 Å². The Balaban J connectivity index is 3.63. The molecule has 0 atom stereocenters. The second-order valence-electron chi connectivity index (χ2n) is 6.08. The molecule has 0 bridgehead atoms. The van der Waals surface area contributed by atoms with E-state index in [-0.39, 0.29) is 12.5 Å². The second kappa shape index (κ2) is 11.1. The molecule has 0 aromatic heterocycles. The fourth-order valence-corrected chi connectivity index (χ4v) is 3.26. The van der Waals surface area contributed by atoms with E-state index in [9.17, 15) is 4.79 Å². The Bertz CT molecular complexity index is 630. The van der Waals surface area contributed by atoms with Gasteiger partial charge in [-0.1, -0.05) is 37.6 Å². The Labute approximate surface area is 162 Å². The van der Waals surface area contributed by atoms with Crippen molar-refractivity contribution in [2.45, 2.75) is 40.2 Å². The van der Waals surface area contributed by atoms with Gasteiger partial charge in [0, 0.05) is 32.5 Å². The molecule has 1 aromatic rings. The van der Waals surface area contributed by atoms with E-state index in [1.807, 2.05) is 43.0 Å². The summed E-state index contributed by atoms with van der Waals surface area (Å²) in [6.07, 6.45) is 3.80. The summed E-state index contributed by atoms with van der Waals surface area (Å²) in [4.78, 5) is 16.3. The number of anilines is 2. The first kappa shape index (κ1) is 22.3. The quantitative estimate of drug-likeness (QED) is 0.552. The van der Waals surface area contributed by atoms with Crippen LogP contribution >= 0.6 is 11.6 Å². The van der Waals surface area contributed by atoms with Crippen molar-refractivity contribution in [1.29, 1.82) is 0 Å². The SMILES string of the molecule is CC/C=C(\CC)N(CC(=O)OCC)c1c(COC)ccc(Cl)c1N(C)C. The number of hydrogen-bond donors (Lipinski definition) is 0. The highest BCUT2D eigenvalue weighted by Gasteiger charge is 2.24. The van der Waals surface area contributed by atoms with Gasteiger partial charge in [0.15, 0.2) is 0 Å². The van der Waals surface area contributed by atoms with Gasteiger partial charge >= 0.3 is 5.97 Å². The van der Waals surface area contributed by atoms with Crippen molar-refractivity contribution in [3.63, 3.8) is 0 Å². The zero-order valence-electron chi connectivity index (χ0n) is 16.8. The molecule has 1 aromatic carbocycles. The molecule has 0 saturated heterocycles. The normalized spacial score (nSPS) is 11.4. The smallest absolute Gasteiger partial charge is 0.325 e. The average Bonchev–Trinajstić information content (AvgIpc) is 2.59. The van der Waals surface area contributed by atoms with E-state index in [4.69, 9.17) is 21.1 Å². The summed E-state index contributed by atoms with van der Waals surface area (Å²) in [7, 11) is 5.55. The Morgan fingerprint density at radius 1 is 1.19 bits per heavy atom. The molecule has 0 aliphatic rings. The van der Waals surface area contributed by atoms with Crippen LogP contribution in [0, 0.1) is 0 Å². The topological polar surface area (TPSA) is 42.0 Å². The number of ether oxygens (including phenoxy) is 2. The number of allylic oxidation sites excluding steroid dienone is 2. The number of rotatable bonds is 10. The van der Waals surface area contributed by atoms with Crippen LogP contribution in [0.4, 0.5) is 11.4 Å². The highest BCUT2D eigenvalue weighted by atomic mass is 35.5. The maximum atomic E-state index is 12.3. The molecule has 146 valence electrons. The monoisotopic (exact) mass is 382 g/mol. The van der Waals surface area contributed by atoms with E-state index >= 15 is 0 Å². The van der Waals surface area contributed by atoms with Gasteiger partial charge in [-0.05, 0) is 25.8 Å². The number of carbonyl (C=O) groups is 1. The lowest BCUT2D eigenvalue weighted by Crippen LogP contribution is -2.32. The molecule has 26 heavy (non-hydrogen) atoms. The number of hydrogen-bond acceptors (Lipinski definition) is 5. The third kappa shape index (κ3) is 5.64. The van der Waals surface area contributed by atoms with Crippen LogP contribution in [0.2, 0.25) is 5.02 Å². The molecule has 0 radical (unpaired) electrons. The minimum Gasteiger partial charge on any atom is -0.465 e. The van der Waals surface area contributed by atoms with Crippen LogP contribution in [-0.4, -0.2) is 40.3 Å². The van der Waals surface area contributed by atoms with Crippen molar-refractivity contribution in [2.75, 3.05) is 44.2 Å². The van der Waals surface area contributed by atoms with E-state index in [0.29, 0.717) is 18.2 Å². The lowest BCUT2D eigenvalue weighted by Gasteiger charge is -2.33. The van der Waals surface area contributed by atoms with Crippen molar-refractivity contribution in [1.82, 2.24) is 0 Å². The summed E-state index contributed by atoms with van der Waals surface area (Å²) in [6.45, 7) is 6.88. The molecule has 0 saturated carbocycles. The van der Waals surface area contributed by atoms with E-state index in [1.165, 1.54) is 0 Å². The van der Waals surface area contributed by atoms with Gasteiger partial charge in [0.2, 0.25) is 0 Å². The molecule has 0 amide bonds. The molecule has 0 N–H and O–H groups in total.